The Balaban J connectivity index is 1.64. The molecule has 2 atom stereocenters. The zero-order chi connectivity index (χ0) is 18.5. The van der Waals surface area contributed by atoms with Gasteiger partial charge in [0.1, 0.15) is 0 Å². The van der Waals surface area contributed by atoms with Gasteiger partial charge in [0.2, 0.25) is 5.91 Å². The molecule has 0 saturated heterocycles. The number of benzene rings is 1. The highest BCUT2D eigenvalue weighted by Crippen LogP contribution is 2.38. The Labute approximate surface area is 157 Å². The first-order chi connectivity index (χ1) is 12.5. The third-order valence-corrected chi connectivity index (χ3v) is 5.56. The smallest absolute Gasteiger partial charge is 0.307 e. The summed E-state index contributed by atoms with van der Waals surface area (Å²) >= 11 is 1.66. The van der Waals surface area contributed by atoms with Crippen LogP contribution in [0.4, 0.5) is 0 Å². The summed E-state index contributed by atoms with van der Waals surface area (Å²) in [5, 5.41) is 3.90. The summed E-state index contributed by atoms with van der Waals surface area (Å²) in [6, 6.07) is 8.05. The van der Waals surface area contributed by atoms with Crippen molar-refractivity contribution in [1.82, 2.24) is 10.3 Å². The summed E-state index contributed by atoms with van der Waals surface area (Å²) in [4.78, 5) is 29.0. The monoisotopic (exact) mass is 372 g/mol. The zero-order valence-corrected chi connectivity index (χ0v) is 15.9. The van der Waals surface area contributed by atoms with E-state index >= 15 is 0 Å². The normalized spacial score (nSPS) is 19.7. The van der Waals surface area contributed by atoms with E-state index < -0.39 is 0 Å². The fraction of sp³-hybridized carbons (Fsp3) is 0.450. The fourth-order valence-electron chi connectivity index (χ4n) is 3.17. The molecule has 0 aliphatic heterocycles. The van der Waals surface area contributed by atoms with Crippen molar-refractivity contribution in [3.8, 4) is 0 Å². The molecule has 1 aliphatic rings. The zero-order valence-electron chi connectivity index (χ0n) is 15.1. The van der Waals surface area contributed by atoms with Crippen LogP contribution in [0.1, 0.15) is 44.0 Å². The summed E-state index contributed by atoms with van der Waals surface area (Å²) in [7, 11) is 0. The van der Waals surface area contributed by atoms with Gasteiger partial charge in [-0.3, -0.25) is 9.59 Å². The predicted octanol–water partition coefficient (Wildman–Crippen LogP) is 3.80. The molecule has 0 spiro atoms. The van der Waals surface area contributed by atoms with Crippen molar-refractivity contribution < 1.29 is 14.3 Å². The Kier molecular flexibility index (Phi) is 6.04. The standard InChI is InChI=1S/C20H24N2O3S/c1-13(2)25-18(23)11-12-21-19(24)14-7-3-4-8-15(14)20-22-16-9-5-6-10-17(16)26-20/h3-6,9-10,13-15H,7-8,11-12H2,1-2H3,(H,21,24). The fourth-order valence-corrected chi connectivity index (χ4v) is 4.31. The molecule has 0 saturated carbocycles. The van der Waals surface area contributed by atoms with Crippen molar-refractivity contribution in [3.05, 3.63) is 41.4 Å². The molecule has 2 unspecified atom stereocenters. The second-order valence-electron chi connectivity index (χ2n) is 6.76. The number of nitrogens with one attached hydrogen (secondary N) is 1. The van der Waals surface area contributed by atoms with Crippen LogP contribution in [0.25, 0.3) is 10.2 Å². The molecular formula is C20H24N2O3S. The molecule has 3 rings (SSSR count). The van der Waals surface area contributed by atoms with Crippen molar-refractivity contribution in [3.63, 3.8) is 0 Å². The van der Waals surface area contributed by atoms with Crippen molar-refractivity contribution in [1.29, 1.82) is 0 Å². The highest BCUT2D eigenvalue weighted by Gasteiger charge is 2.32. The minimum absolute atomic E-state index is 0.0176. The molecule has 0 fully saturated rings. The van der Waals surface area contributed by atoms with Gasteiger partial charge in [-0.15, -0.1) is 11.3 Å². The van der Waals surface area contributed by atoms with Crippen LogP contribution in [0.15, 0.2) is 36.4 Å². The number of amides is 1. The molecule has 1 aromatic carbocycles. The van der Waals surface area contributed by atoms with Gasteiger partial charge in [-0.2, -0.15) is 0 Å². The molecule has 1 N–H and O–H groups in total. The number of esters is 1. The van der Waals surface area contributed by atoms with Gasteiger partial charge in [-0.1, -0.05) is 24.3 Å². The average Bonchev–Trinajstić information content (AvgIpc) is 3.05. The number of rotatable bonds is 6. The third-order valence-electron chi connectivity index (χ3n) is 4.39. The first-order valence-electron chi connectivity index (χ1n) is 9.02. The molecule has 1 amide bonds. The molecule has 5 nitrogen and oxygen atoms in total. The number of fused-ring (bicyclic) bond motifs is 1. The van der Waals surface area contributed by atoms with Crippen molar-refractivity contribution in [2.45, 2.75) is 45.1 Å². The van der Waals surface area contributed by atoms with Gasteiger partial charge in [-0.25, -0.2) is 4.98 Å². The maximum Gasteiger partial charge on any atom is 0.307 e. The molecule has 2 aromatic rings. The summed E-state index contributed by atoms with van der Waals surface area (Å²) in [6.45, 7) is 3.93. The highest BCUT2D eigenvalue weighted by atomic mass is 32.1. The Morgan fingerprint density at radius 3 is 2.81 bits per heavy atom. The number of para-hydroxylation sites is 1. The minimum atomic E-state index is -0.286. The van der Waals surface area contributed by atoms with Gasteiger partial charge in [-0.05, 0) is 38.8 Å². The Morgan fingerprint density at radius 2 is 2.04 bits per heavy atom. The van der Waals surface area contributed by atoms with E-state index in [0.29, 0.717) is 13.0 Å². The van der Waals surface area contributed by atoms with Gasteiger partial charge >= 0.3 is 5.97 Å². The lowest BCUT2D eigenvalue weighted by molar-refractivity contribution is -0.147. The number of thiazole rings is 1. The Hall–Kier alpha value is -2.21. The summed E-state index contributed by atoms with van der Waals surface area (Å²) in [6.07, 6.45) is 5.75. The van der Waals surface area contributed by atoms with E-state index in [2.05, 4.69) is 23.5 Å². The lowest BCUT2D eigenvalue weighted by Gasteiger charge is -2.26. The molecule has 1 heterocycles. The highest BCUT2D eigenvalue weighted by molar-refractivity contribution is 7.18. The van der Waals surface area contributed by atoms with E-state index in [1.807, 2.05) is 32.0 Å². The second-order valence-corrected chi connectivity index (χ2v) is 7.82. The summed E-state index contributed by atoms with van der Waals surface area (Å²) in [5.74, 6) is -0.371. The SMILES string of the molecule is CC(C)OC(=O)CCNC(=O)C1CC=CCC1c1nc2ccccc2s1. The molecule has 0 bridgehead atoms. The lowest BCUT2D eigenvalue weighted by atomic mass is 9.82. The number of hydrogen-bond donors (Lipinski definition) is 1. The molecule has 26 heavy (non-hydrogen) atoms. The van der Waals surface area contributed by atoms with E-state index in [-0.39, 0.29) is 36.2 Å². The molecule has 1 aromatic heterocycles. The maximum absolute atomic E-state index is 12.7. The predicted molar refractivity (Wildman–Crippen MR) is 103 cm³/mol. The van der Waals surface area contributed by atoms with E-state index in [1.54, 1.807) is 11.3 Å². The average molecular weight is 372 g/mol. The van der Waals surface area contributed by atoms with Gasteiger partial charge in [0, 0.05) is 12.5 Å². The van der Waals surface area contributed by atoms with E-state index in [0.717, 1.165) is 21.6 Å². The van der Waals surface area contributed by atoms with Gasteiger partial charge in [0.25, 0.3) is 0 Å². The van der Waals surface area contributed by atoms with Gasteiger partial charge in [0.15, 0.2) is 0 Å². The first kappa shape index (κ1) is 18.6. The largest absolute Gasteiger partial charge is 0.463 e. The number of carbonyl (C=O) groups excluding carboxylic acids is 2. The summed E-state index contributed by atoms with van der Waals surface area (Å²) in [5.41, 5.74) is 0.984. The number of allylic oxidation sites excluding steroid dienone is 2. The van der Waals surface area contributed by atoms with Crippen LogP contribution in [-0.4, -0.2) is 29.5 Å². The third kappa shape index (κ3) is 4.49. The van der Waals surface area contributed by atoms with Crippen molar-refractivity contribution in [2.24, 2.45) is 5.92 Å². The van der Waals surface area contributed by atoms with Crippen LogP contribution >= 0.6 is 11.3 Å². The quantitative estimate of drug-likeness (QED) is 0.618. The molecule has 138 valence electrons. The number of ether oxygens (including phenoxy) is 1. The number of carbonyl (C=O) groups is 2. The van der Waals surface area contributed by atoms with Crippen LogP contribution in [0.3, 0.4) is 0 Å². The first-order valence-corrected chi connectivity index (χ1v) is 9.84. The summed E-state index contributed by atoms with van der Waals surface area (Å²) < 4.78 is 6.24. The molecular weight excluding hydrogens is 348 g/mol. The van der Waals surface area contributed by atoms with Gasteiger partial charge in [0.05, 0.1) is 33.7 Å². The Morgan fingerprint density at radius 1 is 1.27 bits per heavy atom. The van der Waals surface area contributed by atoms with Crippen molar-refractivity contribution in [2.75, 3.05) is 6.54 Å². The minimum Gasteiger partial charge on any atom is -0.463 e. The lowest BCUT2D eigenvalue weighted by Crippen LogP contribution is -2.36. The van der Waals surface area contributed by atoms with E-state index in [1.165, 1.54) is 0 Å². The topological polar surface area (TPSA) is 68.3 Å². The number of hydrogen-bond acceptors (Lipinski definition) is 5. The molecule has 6 heteroatoms. The molecule has 0 radical (unpaired) electrons. The molecule has 1 aliphatic carbocycles. The second kappa shape index (κ2) is 8.45. The number of aromatic nitrogens is 1. The van der Waals surface area contributed by atoms with Crippen LogP contribution in [-0.2, 0) is 14.3 Å². The van der Waals surface area contributed by atoms with E-state index in [9.17, 15) is 9.59 Å². The van der Waals surface area contributed by atoms with Gasteiger partial charge < -0.3 is 10.1 Å². The van der Waals surface area contributed by atoms with Crippen LogP contribution in [0.2, 0.25) is 0 Å². The maximum atomic E-state index is 12.7. The van der Waals surface area contributed by atoms with Crippen LogP contribution in [0.5, 0.6) is 0 Å². The van der Waals surface area contributed by atoms with Crippen LogP contribution < -0.4 is 5.32 Å². The van der Waals surface area contributed by atoms with E-state index in [4.69, 9.17) is 9.72 Å². The number of nitrogens with zero attached hydrogens (tertiary/aromatic N) is 1. The Bertz CT molecular complexity index is 779. The van der Waals surface area contributed by atoms with Crippen molar-refractivity contribution >= 4 is 33.4 Å². The van der Waals surface area contributed by atoms with Crippen LogP contribution in [0, 0.1) is 5.92 Å².